The molecule has 0 saturated heterocycles. The van der Waals surface area contributed by atoms with E-state index in [9.17, 15) is 0 Å². The van der Waals surface area contributed by atoms with Crippen molar-refractivity contribution in [2.75, 3.05) is 0 Å². The fourth-order valence-electron chi connectivity index (χ4n) is 4.93. The number of benzene rings is 3. The molecule has 3 aromatic rings. The molecule has 152 valence electrons. The summed E-state index contributed by atoms with van der Waals surface area (Å²) in [6.07, 6.45) is 12.7. The second kappa shape index (κ2) is 9.61. The van der Waals surface area contributed by atoms with Crippen molar-refractivity contribution >= 4 is 10.8 Å². The summed E-state index contributed by atoms with van der Waals surface area (Å²) in [6.45, 7) is 4.55. The Balaban J connectivity index is 1.48. The minimum Gasteiger partial charge on any atom is -0.0654 e. The molecule has 1 unspecified atom stereocenters. The lowest BCUT2D eigenvalue weighted by molar-refractivity contribution is 0.584. The number of hydrogen-bond donors (Lipinski definition) is 0. The minimum absolute atomic E-state index is 0.664. The molecule has 0 aliphatic heterocycles. The third kappa shape index (κ3) is 4.92. The average molecular weight is 385 g/mol. The molecule has 0 saturated carbocycles. The van der Waals surface area contributed by atoms with Crippen LogP contribution in [0.4, 0.5) is 0 Å². The molecular weight excluding hydrogens is 348 g/mol. The topological polar surface area (TPSA) is 0 Å². The first-order valence-corrected chi connectivity index (χ1v) is 11.9. The molecule has 1 aliphatic rings. The molecule has 0 nitrogen and oxygen atoms in total. The predicted molar refractivity (Wildman–Crippen MR) is 127 cm³/mol. The maximum atomic E-state index is 2.49. The van der Waals surface area contributed by atoms with Crippen LogP contribution in [-0.4, -0.2) is 0 Å². The summed E-state index contributed by atoms with van der Waals surface area (Å²) in [6, 6.07) is 21.6. The summed E-state index contributed by atoms with van der Waals surface area (Å²) in [5, 5.41) is 2.81. The molecule has 1 atom stereocenters. The van der Waals surface area contributed by atoms with Crippen LogP contribution < -0.4 is 0 Å². The molecule has 0 fully saturated rings. The van der Waals surface area contributed by atoms with Crippen LogP contribution in [0.25, 0.3) is 10.8 Å². The van der Waals surface area contributed by atoms with Crippen LogP contribution in [-0.2, 0) is 25.7 Å². The Morgan fingerprint density at radius 3 is 2.28 bits per heavy atom. The summed E-state index contributed by atoms with van der Waals surface area (Å²) < 4.78 is 0. The second-order valence-electron chi connectivity index (χ2n) is 9.04. The average Bonchev–Trinajstić information content (AvgIpc) is 2.77. The third-order valence-electron chi connectivity index (χ3n) is 6.79. The van der Waals surface area contributed by atoms with E-state index in [1.807, 2.05) is 0 Å². The van der Waals surface area contributed by atoms with Gasteiger partial charge in [0.1, 0.15) is 0 Å². The molecule has 3 aromatic carbocycles. The fraction of sp³-hybridized carbons (Fsp3) is 0.448. The molecule has 0 heterocycles. The van der Waals surface area contributed by atoms with Gasteiger partial charge >= 0.3 is 0 Å². The fourth-order valence-corrected chi connectivity index (χ4v) is 4.93. The van der Waals surface area contributed by atoms with Crippen LogP contribution in [0.3, 0.4) is 0 Å². The van der Waals surface area contributed by atoms with Crippen LogP contribution >= 0.6 is 0 Å². The van der Waals surface area contributed by atoms with Crippen molar-refractivity contribution in [2.24, 2.45) is 0 Å². The molecule has 0 spiro atoms. The first-order valence-electron chi connectivity index (χ1n) is 11.9. The predicted octanol–water partition coefficient (Wildman–Crippen LogP) is 8.19. The van der Waals surface area contributed by atoms with E-state index in [2.05, 4.69) is 68.4 Å². The smallest absolute Gasteiger partial charge is 0.0118 e. The first-order chi connectivity index (χ1) is 14.3. The van der Waals surface area contributed by atoms with Crippen LogP contribution in [0.15, 0.2) is 54.6 Å². The monoisotopic (exact) mass is 384 g/mol. The Bertz CT molecular complexity index is 949. The molecule has 0 heteroatoms. The lowest BCUT2D eigenvalue weighted by Gasteiger charge is -2.26. The highest BCUT2D eigenvalue weighted by atomic mass is 14.2. The van der Waals surface area contributed by atoms with Gasteiger partial charge in [-0.2, -0.15) is 0 Å². The van der Waals surface area contributed by atoms with Gasteiger partial charge in [0, 0.05) is 0 Å². The highest BCUT2D eigenvalue weighted by Crippen LogP contribution is 2.34. The highest BCUT2D eigenvalue weighted by Gasteiger charge is 2.20. The van der Waals surface area contributed by atoms with Crippen LogP contribution in [0.5, 0.6) is 0 Å². The highest BCUT2D eigenvalue weighted by molar-refractivity contribution is 5.84. The van der Waals surface area contributed by atoms with Gasteiger partial charge in [-0.25, -0.2) is 0 Å². The van der Waals surface area contributed by atoms with Crippen molar-refractivity contribution in [1.82, 2.24) is 0 Å². The van der Waals surface area contributed by atoms with E-state index >= 15 is 0 Å². The third-order valence-corrected chi connectivity index (χ3v) is 6.79. The Hall–Kier alpha value is -2.08. The molecule has 29 heavy (non-hydrogen) atoms. The zero-order valence-corrected chi connectivity index (χ0v) is 18.3. The van der Waals surface area contributed by atoms with Crippen molar-refractivity contribution < 1.29 is 0 Å². The van der Waals surface area contributed by atoms with Crippen molar-refractivity contribution in [1.29, 1.82) is 0 Å². The number of rotatable bonds is 8. The maximum Gasteiger partial charge on any atom is -0.0118 e. The zero-order valence-electron chi connectivity index (χ0n) is 18.3. The van der Waals surface area contributed by atoms with E-state index in [4.69, 9.17) is 0 Å². The Morgan fingerprint density at radius 2 is 1.41 bits per heavy atom. The van der Waals surface area contributed by atoms with Gasteiger partial charge in [0.05, 0.1) is 0 Å². The van der Waals surface area contributed by atoms with Gasteiger partial charge in [0.15, 0.2) is 0 Å². The van der Waals surface area contributed by atoms with Crippen LogP contribution in [0.1, 0.15) is 86.1 Å². The van der Waals surface area contributed by atoms with Crippen LogP contribution in [0.2, 0.25) is 0 Å². The SMILES string of the molecule is CCCCCc1ccc2cc(C3CCc4cc(CCCC)ccc4C3)ccc2c1. The first kappa shape index (κ1) is 20.2. The lowest BCUT2D eigenvalue weighted by Crippen LogP contribution is -2.13. The maximum absolute atomic E-state index is 2.49. The second-order valence-corrected chi connectivity index (χ2v) is 9.04. The molecule has 0 bridgehead atoms. The standard InChI is InChI=1S/C29H36/c1-3-5-7-9-23-11-13-27-21-29(17-15-25(27)19-23)28-16-14-24-18-22(8-6-4-2)10-12-26(24)20-28/h10-13,15,17-19,21,28H,3-9,14,16,20H2,1-2H3. The van der Waals surface area contributed by atoms with E-state index in [1.165, 1.54) is 91.7 Å². The van der Waals surface area contributed by atoms with Gasteiger partial charge in [0.2, 0.25) is 0 Å². The quantitative estimate of drug-likeness (QED) is 0.343. The lowest BCUT2D eigenvalue weighted by atomic mass is 9.79. The van der Waals surface area contributed by atoms with E-state index in [0.717, 1.165) is 0 Å². The van der Waals surface area contributed by atoms with Gasteiger partial charge in [-0.05, 0) is 89.5 Å². The largest absolute Gasteiger partial charge is 0.0654 e. The Labute approximate surface area is 177 Å². The van der Waals surface area contributed by atoms with Crippen molar-refractivity contribution in [2.45, 2.75) is 84.0 Å². The normalized spacial score (nSPS) is 16.1. The summed E-state index contributed by atoms with van der Waals surface area (Å²) in [5.41, 5.74) is 7.73. The Kier molecular flexibility index (Phi) is 6.70. The summed E-state index contributed by atoms with van der Waals surface area (Å²) in [4.78, 5) is 0. The molecule has 0 aromatic heterocycles. The molecule has 4 rings (SSSR count). The number of unbranched alkanes of at least 4 members (excludes halogenated alkanes) is 3. The van der Waals surface area contributed by atoms with Crippen molar-refractivity contribution in [3.05, 3.63) is 82.4 Å². The van der Waals surface area contributed by atoms with Crippen molar-refractivity contribution in [3.8, 4) is 0 Å². The molecule has 0 radical (unpaired) electrons. The molecule has 0 N–H and O–H groups in total. The number of aryl methyl sites for hydroxylation is 3. The van der Waals surface area contributed by atoms with E-state index in [0.29, 0.717) is 5.92 Å². The Morgan fingerprint density at radius 1 is 0.690 bits per heavy atom. The van der Waals surface area contributed by atoms with Gasteiger partial charge in [-0.3, -0.25) is 0 Å². The molecule has 0 amide bonds. The minimum atomic E-state index is 0.664. The van der Waals surface area contributed by atoms with Gasteiger partial charge in [-0.1, -0.05) is 87.7 Å². The van der Waals surface area contributed by atoms with Gasteiger partial charge in [-0.15, -0.1) is 0 Å². The van der Waals surface area contributed by atoms with E-state index in [-0.39, 0.29) is 0 Å². The van der Waals surface area contributed by atoms with Gasteiger partial charge in [0.25, 0.3) is 0 Å². The summed E-state index contributed by atoms with van der Waals surface area (Å²) in [5.74, 6) is 0.664. The van der Waals surface area contributed by atoms with Gasteiger partial charge < -0.3 is 0 Å². The number of fused-ring (bicyclic) bond motifs is 2. The van der Waals surface area contributed by atoms with Crippen molar-refractivity contribution in [3.63, 3.8) is 0 Å². The van der Waals surface area contributed by atoms with Crippen LogP contribution in [0, 0.1) is 0 Å². The zero-order chi connectivity index (χ0) is 20.1. The molecular formula is C29H36. The summed E-state index contributed by atoms with van der Waals surface area (Å²) in [7, 11) is 0. The van der Waals surface area contributed by atoms with E-state index < -0.39 is 0 Å². The molecule has 1 aliphatic carbocycles. The summed E-state index contributed by atoms with van der Waals surface area (Å²) >= 11 is 0. The number of hydrogen-bond acceptors (Lipinski definition) is 0. The van der Waals surface area contributed by atoms with E-state index in [1.54, 1.807) is 11.1 Å².